The molecule has 0 amide bonds. The third kappa shape index (κ3) is 2.95. The van der Waals surface area contributed by atoms with E-state index < -0.39 is 0 Å². The second kappa shape index (κ2) is 6.06. The van der Waals surface area contributed by atoms with Gasteiger partial charge in [-0.2, -0.15) is 0 Å². The lowest BCUT2D eigenvalue weighted by molar-refractivity contribution is 0.852. The van der Waals surface area contributed by atoms with E-state index in [-0.39, 0.29) is 0 Å². The van der Waals surface area contributed by atoms with Crippen LogP contribution in [0.1, 0.15) is 5.56 Å². The van der Waals surface area contributed by atoms with Gasteiger partial charge in [-0.25, -0.2) is 4.98 Å². The molecule has 0 aliphatic rings. The van der Waals surface area contributed by atoms with E-state index in [4.69, 9.17) is 0 Å². The maximum Gasteiger partial charge on any atom is 0.209 e. The average molecular weight is 293 g/mol. The number of aryl methyl sites for hydroxylation is 1. The van der Waals surface area contributed by atoms with Crippen LogP contribution >= 0.6 is 11.8 Å². The Morgan fingerprint density at radius 3 is 2.10 bits per heavy atom. The summed E-state index contributed by atoms with van der Waals surface area (Å²) in [5.74, 6) is 0. The van der Waals surface area contributed by atoms with E-state index in [0.717, 1.165) is 22.5 Å². The zero-order valence-electron chi connectivity index (χ0n) is 11.9. The molecule has 0 aliphatic heterocycles. The maximum atomic E-state index is 4.65. The second-order valence-corrected chi connectivity index (χ2v) is 5.50. The van der Waals surface area contributed by atoms with Crippen LogP contribution in [0.15, 0.2) is 59.8 Å². The van der Waals surface area contributed by atoms with Crippen molar-refractivity contribution in [2.24, 2.45) is 0 Å². The van der Waals surface area contributed by atoms with Crippen molar-refractivity contribution in [1.29, 1.82) is 0 Å². The van der Waals surface area contributed by atoms with Gasteiger partial charge in [-0.15, -0.1) is 10.2 Å². The summed E-state index contributed by atoms with van der Waals surface area (Å²) in [6.45, 7) is 2.07. The van der Waals surface area contributed by atoms with E-state index in [1.54, 1.807) is 0 Å². The average Bonchev–Trinajstić information content (AvgIpc) is 2.56. The maximum absolute atomic E-state index is 4.65. The summed E-state index contributed by atoms with van der Waals surface area (Å²) in [6, 6.07) is 18.4. The van der Waals surface area contributed by atoms with Gasteiger partial charge in [-0.1, -0.05) is 71.9 Å². The van der Waals surface area contributed by atoms with E-state index in [2.05, 4.69) is 46.4 Å². The van der Waals surface area contributed by atoms with Crippen LogP contribution in [0, 0.1) is 6.92 Å². The van der Waals surface area contributed by atoms with Gasteiger partial charge in [0, 0.05) is 11.1 Å². The molecule has 1 heterocycles. The predicted molar refractivity (Wildman–Crippen MR) is 87.2 cm³/mol. The number of hydrogen-bond acceptors (Lipinski definition) is 4. The van der Waals surface area contributed by atoms with Crippen molar-refractivity contribution in [3.8, 4) is 22.5 Å². The van der Waals surface area contributed by atoms with Gasteiger partial charge in [0.2, 0.25) is 5.16 Å². The minimum Gasteiger partial charge on any atom is -0.219 e. The Labute approximate surface area is 128 Å². The Balaban J connectivity index is 2.18. The van der Waals surface area contributed by atoms with Gasteiger partial charge in [0.1, 0.15) is 11.4 Å². The molecule has 3 nitrogen and oxygen atoms in total. The Kier molecular flexibility index (Phi) is 3.97. The molecule has 0 bridgehead atoms. The Morgan fingerprint density at radius 2 is 1.43 bits per heavy atom. The Bertz CT molecular complexity index is 740. The van der Waals surface area contributed by atoms with E-state index in [1.165, 1.54) is 17.3 Å². The van der Waals surface area contributed by atoms with E-state index in [0.29, 0.717) is 5.16 Å². The molecule has 0 spiro atoms. The van der Waals surface area contributed by atoms with Gasteiger partial charge in [-0.05, 0) is 13.2 Å². The number of aromatic nitrogens is 3. The highest BCUT2D eigenvalue weighted by Crippen LogP contribution is 2.29. The van der Waals surface area contributed by atoms with Gasteiger partial charge in [-0.3, -0.25) is 0 Å². The van der Waals surface area contributed by atoms with Crippen LogP contribution in [0.3, 0.4) is 0 Å². The number of hydrogen-bond donors (Lipinski definition) is 0. The number of benzene rings is 2. The molecule has 0 fully saturated rings. The molecule has 0 aliphatic carbocycles. The third-order valence-corrected chi connectivity index (χ3v) is 3.76. The molecule has 0 radical (unpaired) electrons. The zero-order chi connectivity index (χ0) is 14.7. The van der Waals surface area contributed by atoms with Crippen molar-refractivity contribution < 1.29 is 0 Å². The lowest BCUT2D eigenvalue weighted by atomic mass is 10.0. The van der Waals surface area contributed by atoms with Gasteiger partial charge in [0.05, 0.1) is 0 Å². The van der Waals surface area contributed by atoms with E-state index in [1.807, 2.05) is 36.6 Å². The summed E-state index contributed by atoms with van der Waals surface area (Å²) in [5.41, 5.74) is 5.00. The minimum absolute atomic E-state index is 0.685. The van der Waals surface area contributed by atoms with Crippen LogP contribution in [0.4, 0.5) is 0 Å². The van der Waals surface area contributed by atoms with Gasteiger partial charge in [0.15, 0.2) is 0 Å². The third-order valence-electron chi connectivity index (χ3n) is 3.22. The largest absolute Gasteiger partial charge is 0.219 e. The van der Waals surface area contributed by atoms with E-state index in [9.17, 15) is 0 Å². The molecule has 3 aromatic rings. The normalized spacial score (nSPS) is 10.6. The zero-order valence-corrected chi connectivity index (χ0v) is 12.8. The summed E-state index contributed by atoms with van der Waals surface area (Å²) in [6.07, 6.45) is 1.96. The summed E-state index contributed by atoms with van der Waals surface area (Å²) in [5, 5.41) is 9.26. The van der Waals surface area contributed by atoms with E-state index >= 15 is 0 Å². The highest BCUT2D eigenvalue weighted by molar-refractivity contribution is 7.98. The molecule has 4 heteroatoms. The second-order valence-electron chi connectivity index (χ2n) is 4.73. The summed E-state index contributed by atoms with van der Waals surface area (Å²) < 4.78 is 0. The SMILES string of the molecule is CSc1nnc(-c2ccc(C)cc2)c(-c2ccccc2)n1. The Hall–Kier alpha value is -2.20. The molecule has 0 unspecified atom stereocenters. The van der Waals surface area contributed by atoms with Crippen molar-refractivity contribution in [3.05, 3.63) is 60.2 Å². The highest BCUT2D eigenvalue weighted by atomic mass is 32.2. The van der Waals surface area contributed by atoms with Crippen LogP contribution in [-0.2, 0) is 0 Å². The Morgan fingerprint density at radius 1 is 0.762 bits per heavy atom. The lowest BCUT2D eigenvalue weighted by Gasteiger charge is -2.09. The van der Waals surface area contributed by atoms with Gasteiger partial charge in [0.25, 0.3) is 0 Å². The first-order valence-corrected chi connectivity index (χ1v) is 7.91. The van der Waals surface area contributed by atoms with Crippen LogP contribution in [0.5, 0.6) is 0 Å². The molecule has 0 atom stereocenters. The van der Waals surface area contributed by atoms with Crippen molar-refractivity contribution in [1.82, 2.24) is 15.2 Å². The fraction of sp³-hybridized carbons (Fsp3) is 0.118. The highest BCUT2D eigenvalue weighted by Gasteiger charge is 2.12. The van der Waals surface area contributed by atoms with Crippen LogP contribution < -0.4 is 0 Å². The van der Waals surface area contributed by atoms with Crippen LogP contribution in [0.25, 0.3) is 22.5 Å². The fourth-order valence-corrected chi connectivity index (χ4v) is 2.41. The standard InChI is InChI=1S/C17H15N3S/c1-12-8-10-14(11-9-12)16-15(13-6-4-3-5-7-13)18-17(21-2)20-19-16/h3-11H,1-2H3. The topological polar surface area (TPSA) is 38.7 Å². The molecular weight excluding hydrogens is 278 g/mol. The van der Waals surface area contributed by atoms with Crippen molar-refractivity contribution in [2.45, 2.75) is 12.1 Å². The molecule has 0 saturated heterocycles. The smallest absolute Gasteiger partial charge is 0.209 e. The number of nitrogens with zero attached hydrogens (tertiary/aromatic N) is 3. The molecule has 0 saturated carbocycles. The summed E-state index contributed by atoms with van der Waals surface area (Å²) in [4.78, 5) is 4.65. The van der Waals surface area contributed by atoms with Crippen LogP contribution in [0.2, 0.25) is 0 Å². The lowest BCUT2D eigenvalue weighted by Crippen LogP contribution is -1.98. The minimum atomic E-state index is 0.685. The predicted octanol–water partition coefficient (Wildman–Crippen LogP) is 4.24. The number of rotatable bonds is 3. The van der Waals surface area contributed by atoms with Crippen molar-refractivity contribution >= 4 is 11.8 Å². The van der Waals surface area contributed by atoms with Gasteiger partial charge < -0.3 is 0 Å². The molecular formula is C17H15N3S. The molecule has 104 valence electrons. The summed E-state index contributed by atoms with van der Waals surface area (Å²) in [7, 11) is 0. The molecule has 2 aromatic carbocycles. The molecule has 21 heavy (non-hydrogen) atoms. The molecule has 0 N–H and O–H groups in total. The van der Waals surface area contributed by atoms with Crippen molar-refractivity contribution in [3.63, 3.8) is 0 Å². The fourth-order valence-electron chi connectivity index (χ4n) is 2.10. The quantitative estimate of drug-likeness (QED) is 0.677. The first kappa shape index (κ1) is 13.8. The molecule has 1 aromatic heterocycles. The summed E-state index contributed by atoms with van der Waals surface area (Å²) >= 11 is 1.50. The molecule has 3 rings (SSSR count). The monoisotopic (exact) mass is 293 g/mol. The first-order valence-electron chi connectivity index (χ1n) is 6.69. The number of thioether (sulfide) groups is 1. The van der Waals surface area contributed by atoms with Crippen LogP contribution in [-0.4, -0.2) is 21.4 Å². The first-order chi connectivity index (χ1) is 10.3. The van der Waals surface area contributed by atoms with Gasteiger partial charge >= 0.3 is 0 Å². The van der Waals surface area contributed by atoms with Crippen molar-refractivity contribution in [2.75, 3.05) is 6.26 Å².